The molecule has 2 aromatic rings. The third-order valence-electron chi connectivity index (χ3n) is 3.73. The first-order valence-electron chi connectivity index (χ1n) is 7.94. The van der Waals surface area contributed by atoms with Gasteiger partial charge in [-0.1, -0.05) is 35.9 Å². The average molecular weight is 362 g/mol. The molecule has 5 nitrogen and oxygen atoms in total. The Morgan fingerprint density at radius 3 is 2.52 bits per heavy atom. The highest BCUT2D eigenvalue weighted by atomic mass is 35.5. The minimum Gasteiger partial charge on any atom is -0.351 e. The molecule has 0 saturated carbocycles. The van der Waals surface area contributed by atoms with Crippen LogP contribution in [0.2, 0.25) is 0 Å². The van der Waals surface area contributed by atoms with Gasteiger partial charge in [-0.2, -0.15) is 0 Å². The highest BCUT2D eigenvalue weighted by Crippen LogP contribution is 2.17. The van der Waals surface area contributed by atoms with Crippen LogP contribution in [0.3, 0.4) is 0 Å². The first-order valence-corrected chi connectivity index (χ1v) is 7.94. The summed E-state index contributed by atoms with van der Waals surface area (Å²) in [7, 11) is 0. The topological polar surface area (TPSA) is 84.2 Å². The normalized spacial score (nSPS) is 9.88. The zero-order valence-electron chi connectivity index (χ0n) is 14.5. The van der Waals surface area contributed by atoms with Crippen LogP contribution in [-0.4, -0.2) is 24.9 Å². The molecule has 0 aromatic heterocycles. The molecule has 134 valence electrons. The van der Waals surface area contributed by atoms with E-state index in [1.165, 1.54) is 0 Å². The lowest BCUT2D eigenvalue weighted by molar-refractivity contribution is -0.115. The van der Waals surface area contributed by atoms with Crippen molar-refractivity contribution < 1.29 is 9.59 Å². The number of carbonyl (C=O) groups excluding carboxylic acids is 2. The average Bonchev–Trinajstić information content (AvgIpc) is 2.56. The minimum atomic E-state index is -0.247. The van der Waals surface area contributed by atoms with Crippen molar-refractivity contribution in [1.29, 1.82) is 0 Å². The second kappa shape index (κ2) is 9.81. The number of rotatable bonds is 6. The third-order valence-corrected chi connectivity index (χ3v) is 3.73. The monoisotopic (exact) mass is 361 g/mol. The molecule has 4 N–H and O–H groups in total. The molecular formula is C19H24ClN3O2. The van der Waals surface area contributed by atoms with E-state index >= 15 is 0 Å². The van der Waals surface area contributed by atoms with E-state index in [1.54, 1.807) is 24.3 Å². The first kappa shape index (κ1) is 20.7. The number of nitrogens with one attached hydrogen (secondary N) is 2. The summed E-state index contributed by atoms with van der Waals surface area (Å²) >= 11 is 0. The summed E-state index contributed by atoms with van der Waals surface area (Å²) < 4.78 is 0. The Morgan fingerprint density at radius 2 is 1.80 bits per heavy atom. The van der Waals surface area contributed by atoms with Crippen LogP contribution in [0, 0.1) is 13.8 Å². The van der Waals surface area contributed by atoms with Crippen molar-refractivity contribution >= 4 is 29.9 Å². The minimum absolute atomic E-state index is 0. The van der Waals surface area contributed by atoms with Gasteiger partial charge in [0.2, 0.25) is 5.91 Å². The highest BCUT2D eigenvalue weighted by Gasteiger charge is 2.13. The number of hydrogen-bond acceptors (Lipinski definition) is 3. The number of anilines is 1. The van der Waals surface area contributed by atoms with Crippen molar-refractivity contribution in [2.45, 2.75) is 20.3 Å². The largest absolute Gasteiger partial charge is 0.351 e. The molecule has 25 heavy (non-hydrogen) atoms. The smallest absolute Gasteiger partial charge is 0.253 e. The summed E-state index contributed by atoms with van der Waals surface area (Å²) in [4.78, 5) is 24.5. The van der Waals surface area contributed by atoms with Gasteiger partial charge in [0.15, 0.2) is 0 Å². The van der Waals surface area contributed by atoms with Gasteiger partial charge < -0.3 is 16.4 Å². The Bertz CT molecular complexity index is 747. The molecule has 0 aliphatic heterocycles. The lowest BCUT2D eigenvalue weighted by atomic mass is 10.0. The second-order valence-electron chi connectivity index (χ2n) is 5.75. The Morgan fingerprint density at radius 1 is 1.08 bits per heavy atom. The quantitative estimate of drug-likeness (QED) is 0.739. The number of benzene rings is 2. The van der Waals surface area contributed by atoms with Crippen LogP contribution in [0.1, 0.15) is 27.0 Å². The summed E-state index contributed by atoms with van der Waals surface area (Å²) in [5.74, 6) is -0.397. The van der Waals surface area contributed by atoms with Gasteiger partial charge in [0.05, 0.1) is 17.7 Å². The molecule has 0 saturated heterocycles. The molecule has 0 aliphatic carbocycles. The van der Waals surface area contributed by atoms with Crippen LogP contribution in [0.25, 0.3) is 0 Å². The van der Waals surface area contributed by atoms with Gasteiger partial charge in [-0.25, -0.2) is 0 Å². The van der Waals surface area contributed by atoms with Crippen molar-refractivity contribution in [3.05, 3.63) is 64.7 Å². The van der Waals surface area contributed by atoms with Gasteiger partial charge in [0, 0.05) is 13.1 Å². The summed E-state index contributed by atoms with van der Waals surface area (Å²) in [6.07, 6.45) is 0.270. The predicted octanol–water partition coefficient (Wildman–Crippen LogP) is 2.59. The van der Waals surface area contributed by atoms with Gasteiger partial charge in [0.1, 0.15) is 0 Å². The molecule has 0 fully saturated rings. The van der Waals surface area contributed by atoms with Gasteiger partial charge >= 0.3 is 0 Å². The van der Waals surface area contributed by atoms with Crippen molar-refractivity contribution in [2.24, 2.45) is 5.73 Å². The van der Waals surface area contributed by atoms with Crippen LogP contribution in [0.4, 0.5) is 5.69 Å². The molecule has 0 unspecified atom stereocenters. The fourth-order valence-electron chi connectivity index (χ4n) is 2.43. The van der Waals surface area contributed by atoms with Crippen LogP contribution in [-0.2, 0) is 11.2 Å². The molecule has 0 spiro atoms. The fourth-order valence-corrected chi connectivity index (χ4v) is 2.43. The van der Waals surface area contributed by atoms with E-state index in [0.717, 1.165) is 16.7 Å². The van der Waals surface area contributed by atoms with E-state index in [9.17, 15) is 9.59 Å². The van der Waals surface area contributed by atoms with E-state index in [-0.39, 0.29) is 30.6 Å². The van der Waals surface area contributed by atoms with E-state index in [0.29, 0.717) is 24.3 Å². The Balaban J connectivity index is 0.00000312. The number of halogens is 1. The molecule has 0 radical (unpaired) electrons. The first-order chi connectivity index (χ1) is 11.5. The Labute approximate surface area is 154 Å². The molecule has 2 aromatic carbocycles. The molecule has 2 rings (SSSR count). The Kier molecular flexibility index (Phi) is 8.11. The lowest BCUT2D eigenvalue weighted by Crippen LogP contribution is -2.30. The molecule has 0 aliphatic rings. The van der Waals surface area contributed by atoms with E-state index in [2.05, 4.69) is 10.6 Å². The third kappa shape index (κ3) is 5.89. The number of aryl methyl sites for hydroxylation is 2. The molecule has 2 amide bonds. The van der Waals surface area contributed by atoms with E-state index < -0.39 is 0 Å². The second-order valence-corrected chi connectivity index (χ2v) is 5.75. The molecule has 0 atom stereocenters. The van der Waals surface area contributed by atoms with E-state index in [1.807, 2.05) is 32.0 Å². The fraction of sp³-hybridized carbons (Fsp3) is 0.263. The van der Waals surface area contributed by atoms with E-state index in [4.69, 9.17) is 5.73 Å². The van der Waals surface area contributed by atoms with Crippen molar-refractivity contribution in [3.63, 3.8) is 0 Å². The van der Waals surface area contributed by atoms with Crippen molar-refractivity contribution in [2.75, 3.05) is 18.4 Å². The maximum absolute atomic E-state index is 12.4. The SMILES string of the molecule is Cc1ccc(C)c(CC(=O)Nc2ccccc2C(=O)NCCN)c1.Cl. The van der Waals surface area contributed by atoms with Gasteiger partial charge in [-0.15, -0.1) is 12.4 Å². The molecular weight excluding hydrogens is 338 g/mol. The molecule has 0 heterocycles. The zero-order valence-corrected chi connectivity index (χ0v) is 15.3. The Hall–Kier alpha value is -2.37. The molecule has 0 bridgehead atoms. The van der Waals surface area contributed by atoms with Gasteiger partial charge in [0.25, 0.3) is 5.91 Å². The van der Waals surface area contributed by atoms with Crippen LogP contribution in [0.15, 0.2) is 42.5 Å². The van der Waals surface area contributed by atoms with Crippen molar-refractivity contribution in [3.8, 4) is 0 Å². The summed E-state index contributed by atoms with van der Waals surface area (Å²) in [5, 5.41) is 5.55. The predicted molar refractivity (Wildman–Crippen MR) is 103 cm³/mol. The molecule has 6 heteroatoms. The summed E-state index contributed by atoms with van der Waals surface area (Å²) in [6.45, 7) is 4.74. The van der Waals surface area contributed by atoms with Crippen LogP contribution < -0.4 is 16.4 Å². The highest BCUT2D eigenvalue weighted by molar-refractivity contribution is 6.04. The van der Waals surface area contributed by atoms with Crippen LogP contribution in [0.5, 0.6) is 0 Å². The number of carbonyl (C=O) groups is 2. The van der Waals surface area contributed by atoms with Gasteiger partial charge in [-0.3, -0.25) is 9.59 Å². The zero-order chi connectivity index (χ0) is 17.5. The maximum Gasteiger partial charge on any atom is 0.253 e. The number of para-hydroxylation sites is 1. The summed E-state index contributed by atoms with van der Waals surface area (Å²) in [6, 6.07) is 13.0. The number of nitrogens with two attached hydrogens (primary N) is 1. The maximum atomic E-state index is 12.4. The van der Waals surface area contributed by atoms with Crippen molar-refractivity contribution in [1.82, 2.24) is 5.32 Å². The standard InChI is InChI=1S/C19H23N3O2.ClH/c1-13-7-8-14(2)15(11-13)12-18(23)22-17-6-4-3-5-16(17)19(24)21-10-9-20;/h3-8,11H,9-10,12,20H2,1-2H3,(H,21,24)(H,22,23);1H. The van der Waals surface area contributed by atoms with Gasteiger partial charge in [-0.05, 0) is 37.1 Å². The number of amides is 2. The summed E-state index contributed by atoms with van der Waals surface area (Å²) in [5.41, 5.74) is 9.51. The lowest BCUT2D eigenvalue weighted by Gasteiger charge is -2.12. The van der Waals surface area contributed by atoms with Crippen LogP contribution >= 0.6 is 12.4 Å². The number of hydrogen-bond donors (Lipinski definition) is 3.